The van der Waals surface area contributed by atoms with Crippen molar-refractivity contribution in [2.24, 2.45) is 5.92 Å². The van der Waals surface area contributed by atoms with Crippen LogP contribution in [0.4, 0.5) is 4.39 Å². The number of hydrogen-bond acceptors (Lipinski definition) is 2. The Morgan fingerprint density at radius 1 is 1.40 bits per heavy atom. The lowest BCUT2D eigenvalue weighted by Gasteiger charge is -2.04. The summed E-state index contributed by atoms with van der Waals surface area (Å²) in [5, 5.41) is 8.82. The fraction of sp³-hybridized carbons (Fsp3) is 0.250. The summed E-state index contributed by atoms with van der Waals surface area (Å²) in [6.07, 6.45) is 3.53. The summed E-state index contributed by atoms with van der Waals surface area (Å²) in [5.74, 6) is -0.393. The van der Waals surface area contributed by atoms with Gasteiger partial charge in [-0.3, -0.25) is 4.79 Å². The Hall–Kier alpha value is -2.41. The first kappa shape index (κ1) is 14.0. The highest BCUT2D eigenvalue weighted by Crippen LogP contribution is 2.13. The standard InChI is InChI=1S/C16H15FN2O/c1-11(2)16(20)14-3-4-19(10-14)9-13-5-12(8-18)6-15(17)7-13/h3-7,10-11H,9H2,1-2H3. The van der Waals surface area contributed by atoms with E-state index in [4.69, 9.17) is 5.26 Å². The maximum atomic E-state index is 13.3. The van der Waals surface area contributed by atoms with Crippen molar-refractivity contribution in [3.8, 4) is 6.07 Å². The van der Waals surface area contributed by atoms with E-state index >= 15 is 0 Å². The molecular formula is C16H15FN2O. The molecule has 1 aromatic heterocycles. The third-order valence-electron chi connectivity index (χ3n) is 3.01. The Morgan fingerprint density at radius 2 is 2.15 bits per heavy atom. The second kappa shape index (κ2) is 5.70. The number of aromatic nitrogens is 1. The molecule has 0 unspecified atom stereocenters. The van der Waals surface area contributed by atoms with Crippen molar-refractivity contribution in [3.05, 3.63) is 59.2 Å². The van der Waals surface area contributed by atoms with Gasteiger partial charge in [0.25, 0.3) is 0 Å². The molecular weight excluding hydrogens is 255 g/mol. The van der Waals surface area contributed by atoms with Crippen LogP contribution in [0.15, 0.2) is 36.7 Å². The third kappa shape index (κ3) is 3.12. The topological polar surface area (TPSA) is 45.8 Å². The highest BCUT2D eigenvalue weighted by molar-refractivity contribution is 5.97. The minimum atomic E-state index is -0.426. The van der Waals surface area contributed by atoms with Crippen LogP contribution >= 0.6 is 0 Å². The molecule has 2 aromatic rings. The van der Waals surface area contributed by atoms with Gasteiger partial charge in [-0.25, -0.2) is 4.39 Å². The van der Waals surface area contributed by atoms with Crippen molar-refractivity contribution in [3.63, 3.8) is 0 Å². The van der Waals surface area contributed by atoms with Gasteiger partial charge in [-0.15, -0.1) is 0 Å². The summed E-state index contributed by atoms with van der Waals surface area (Å²) < 4.78 is 15.2. The summed E-state index contributed by atoms with van der Waals surface area (Å²) >= 11 is 0. The van der Waals surface area contributed by atoms with Gasteiger partial charge in [0, 0.05) is 30.4 Å². The predicted octanol–water partition coefficient (Wildman–Crippen LogP) is 3.39. The molecule has 0 fully saturated rings. The monoisotopic (exact) mass is 270 g/mol. The van der Waals surface area contributed by atoms with Crippen LogP contribution in [-0.2, 0) is 6.54 Å². The minimum absolute atomic E-state index is 0.0507. The fourth-order valence-electron chi connectivity index (χ4n) is 2.04. The number of Topliss-reactive ketones (excluding diaryl/α,β-unsaturated/α-hetero) is 1. The van der Waals surface area contributed by atoms with Gasteiger partial charge in [-0.1, -0.05) is 13.8 Å². The van der Waals surface area contributed by atoms with Gasteiger partial charge in [-0.05, 0) is 29.8 Å². The maximum absolute atomic E-state index is 13.3. The molecule has 3 nitrogen and oxygen atoms in total. The number of nitrogens with zero attached hydrogens (tertiary/aromatic N) is 2. The second-order valence-electron chi connectivity index (χ2n) is 5.05. The fourth-order valence-corrected chi connectivity index (χ4v) is 2.04. The summed E-state index contributed by atoms with van der Waals surface area (Å²) in [5.41, 5.74) is 1.64. The van der Waals surface area contributed by atoms with Crippen molar-refractivity contribution in [1.29, 1.82) is 5.26 Å². The second-order valence-corrected chi connectivity index (χ2v) is 5.05. The lowest BCUT2D eigenvalue weighted by atomic mass is 10.0. The van der Waals surface area contributed by atoms with E-state index in [0.717, 1.165) is 0 Å². The first-order valence-electron chi connectivity index (χ1n) is 6.39. The van der Waals surface area contributed by atoms with Gasteiger partial charge in [0.2, 0.25) is 0 Å². The first-order valence-corrected chi connectivity index (χ1v) is 6.39. The van der Waals surface area contributed by atoms with Crippen molar-refractivity contribution in [2.75, 3.05) is 0 Å². The smallest absolute Gasteiger partial charge is 0.166 e. The molecule has 0 saturated carbocycles. The molecule has 0 radical (unpaired) electrons. The molecule has 102 valence electrons. The summed E-state index contributed by atoms with van der Waals surface area (Å²) in [4.78, 5) is 11.8. The van der Waals surface area contributed by atoms with Crippen molar-refractivity contribution >= 4 is 5.78 Å². The Bertz CT molecular complexity index is 680. The molecule has 0 N–H and O–H groups in total. The lowest BCUT2D eigenvalue weighted by Crippen LogP contribution is -2.06. The molecule has 20 heavy (non-hydrogen) atoms. The third-order valence-corrected chi connectivity index (χ3v) is 3.01. The van der Waals surface area contributed by atoms with Crippen LogP contribution in [0.3, 0.4) is 0 Å². The van der Waals surface area contributed by atoms with Gasteiger partial charge >= 0.3 is 0 Å². The van der Waals surface area contributed by atoms with Crippen LogP contribution in [0.25, 0.3) is 0 Å². The predicted molar refractivity (Wildman–Crippen MR) is 73.8 cm³/mol. The van der Waals surface area contributed by atoms with Gasteiger partial charge in [0.05, 0.1) is 11.6 Å². The van der Waals surface area contributed by atoms with Crippen molar-refractivity contribution in [2.45, 2.75) is 20.4 Å². The van der Waals surface area contributed by atoms with Crippen molar-refractivity contribution < 1.29 is 9.18 Å². The van der Waals surface area contributed by atoms with Gasteiger partial charge in [-0.2, -0.15) is 5.26 Å². The van der Waals surface area contributed by atoms with Gasteiger partial charge < -0.3 is 4.57 Å². The van der Waals surface area contributed by atoms with Gasteiger partial charge in [0.1, 0.15) is 5.82 Å². The number of hydrogen-bond donors (Lipinski definition) is 0. The first-order chi connectivity index (χ1) is 9.49. The van der Waals surface area contributed by atoms with E-state index < -0.39 is 5.82 Å². The minimum Gasteiger partial charge on any atom is -0.349 e. The molecule has 4 heteroatoms. The molecule has 0 spiro atoms. The molecule has 0 bridgehead atoms. The van der Waals surface area contributed by atoms with E-state index in [0.29, 0.717) is 23.2 Å². The van der Waals surface area contributed by atoms with Crippen LogP contribution in [0.5, 0.6) is 0 Å². The normalized spacial score (nSPS) is 10.6. The molecule has 0 aliphatic carbocycles. The zero-order valence-corrected chi connectivity index (χ0v) is 11.4. The van der Waals surface area contributed by atoms with Crippen LogP contribution < -0.4 is 0 Å². The lowest BCUT2D eigenvalue weighted by molar-refractivity contribution is 0.0939. The highest BCUT2D eigenvalue weighted by atomic mass is 19.1. The summed E-state index contributed by atoms with van der Waals surface area (Å²) in [6, 6.07) is 7.93. The number of benzene rings is 1. The Balaban J connectivity index is 2.21. The number of halogens is 1. The molecule has 1 aromatic carbocycles. The van der Waals surface area contributed by atoms with Crippen molar-refractivity contribution in [1.82, 2.24) is 4.57 Å². The quantitative estimate of drug-likeness (QED) is 0.799. The van der Waals surface area contributed by atoms with E-state index in [1.165, 1.54) is 12.1 Å². The summed E-state index contributed by atoms with van der Waals surface area (Å²) in [6.45, 7) is 4.13. The van der Waals surface area contributed by atoms with E-state index in [1.807, 2.05) is 24.5 Å². The van der Waals surface area contributed by atoms with Crippen LogP contribution in [-0.4, -0.2) is 10.4 Å². The molecule has 0 saturated heterocycles. The zero-order valence-electron chi connectivity index (χ0n) is 11.4. The van der Waals surface area contributed by atoms with E-state index in [-0.39, 0.29) is 11.7 Å². The number of carbonyl (C=O) groups is 1. The maximum Gasteiger partial charge on any atom is 0.166 e. The highest BCUT2D eigenvalue weighted by Gasteiger charge is 2.11. The van der Waals surface area contributed by atoms with E-state index in [1.54, 1.807) is 24.5 Å². The Kier molecular flexibility index (Phi) is 3.99. The average Bonchev–Trinajstić information content (AvgIpc) is 2.85. The summed E-state index contributed by atoms with van der Waals surface area (Å²) in [7, 11) is 0. The zero-order chi connectivity index (χ0) is 14.7. The average molecular weight is 270 g/mol. The molecule has 0 atom stereocenters. The molecule has 1 heterocycles. The van der Waals surface area contributed by atoms with Crippen LogP contribution in [0, 0.1) is 23.1 Å². The number of rotatable bonds is 4. The molecule has 2 rings (SSSR count). The molecule has 0 amide bonds. The Labute approximate surface area is 117 Å². The SMILES string of the molecule is CC(C)C(=O)c1ccn(Cc2cc(F)cc(C#N)c2)c1. The van der Waals surface area contributed by atoms with E-state index in [9.17, 15) is 9.18 Å². The molecule has 0 aliphatic rings. The number of ketones is 1. The largest absolute Gasteiger partial charge is 0.349 e. The van der Waals surface area contributed by atoms with Gasteiger partial charge in [0.15, 0.2) is 5.78 Å². The number of nitriles is 1. The van der Waals surface area contributed by atoms with Crippen LogP contribution in [0.1, 0.15) is 35.3 Å². The number of carbonyl (C=O) groups excluding carboxylic acids is 1. The van der Waals surface area contributed by atoms with Crippen LogP contribution in [0.2, 0.25) is 0 Å². The Morgan fingerprint density at radius 3 is 2.80 bits per heavy atom. The molecule has 0 aliphatic heterocycles. The van der Waals surface area contributed by atoms with E-state index in [2.05, 4.69) is 0 Å².